The lowest BCUT2D eigenvalue weighted by Crippen LogP contribution is -2.47. The summed E-state index contributed by atoms with van der Waals surface area (Å²) >= 11 is 11.8. The number of pyridine rings is 1. The summed E-state index contributed by atoms with van der Waals surface area (Å²) in [5.74, 6) is -3.11. The predicted octanol–water partition coefficient (Wildman–Crippen LogP) is 3.65. The fourth-order valence-corrected chi connectivity index (χ4v) is 1.77. The van der Waals surface area contributed by atoms with Gasteiger partial charge < -0.3 is 14.6 Å². The lowest BCUT2D eigenvalue weighted by molar-refractivity contribution is -0.181. The van der Waals surface area contributed by atoms with Gasteiger partial charge in [0, 0.05) is 13.1 Å². The minimum Gasteiger partial charge on any atom is -0.475 e. The van der Waals surface area contributed by atoms with Gasteiger partial charge in [0.2, 0.25) is 5.88 Å². The second-order valence-electron chi connectivity index (χ2n) is 4.18. The molecular formula is C14H11Cl2NO4. The number of para-hydroxylation sites is 1. The Morgan fingerprint density at radius 2 is 1.86 bits per heavy atom. The van der Waals surface area contributed by atoms with Crippen LogP contribution in [0, 0.1) is 0 Å². The summed E-state index contributed by atoms with van der Waals surface area (Å²) in [5.41, 5.74) is 0. The summed E-state index contributed by atoms with van der Waals surface area (Å²) < 4.78 is 10.7. The van der Waals surface area contributed by atoms with Gasteiger partial charge in [0.05, 0.1) is 5.02 Å². The van der Waals surface area contributed by atoms with Gasteiger partial charge in [-0.05, 0) is 18.2 Å². The Morgan fingerprint density at radius 3 is 2.48 bits per heavy atom. The third-order valence-corrected chi connectivity index (χ3v) is 3.32. The van der Waals surface area contributed by atoms with E-state index in [1.807, 2.05) is 0 Å². The number of hydrogen-bond acceptors (Lipinski definition) is 4. The van der Waals surface area contributed by atoms with Crippen LogP contribution < -0.4 is 9.47 Å². The molecule has 0 amide bonds. The third-order valence-electron chi connectivity index (χ3n) is 2.55. The number of aromatic nitrogens is 1. The van der Waals surface area contributed by atoms with E-state index in [-0.39, 0.29) is 15.9 Å². The van der Waals surface area contributed by atoms with Crippen molar-refractivity contribution >= 4 is 29.2 Å². The number of halogens is 2. The van der Waals surface area contributed by atoms with Crippen molar-refractivity contribution in [1.82, 2.24) is 4.98 Å². The van der Waals surface area contributed by atoms with Gasteiger partial charge in [-0.1, -0.05) is 41.4 Å². The van der Waals surface area contributed by atoms with E-state index in [0.29, 0.717) is 5.75 Å². The molecule has 0 saturated carbocycles. The van der Waals surface area contributed by atoms with Crippen LogP contribution in [0.5, 0.6) is 11.6 Å². The summed E-state index contributed by atoms with van der Waals surface area (Å²) in [4.78, 5) is 15.3. The zero-order valence-corrected chi connectivity index (χ0v) is 12.4. The molecule has 7 heteroatoms. The van der Waals surface area contributed by atoms with Crippen molar-refractivity contribution < 1.29 is 19.4 Å². The molecule has 0 spiro atoms. The molecule has 5 nitrogen and oxygen atoms in total. The van der Waals surface area contributed by atoms with Crippen LogP contribution >= 0.6 is 23.2 Å². The highest BCUT2D eigenvalue weighted by Crippen LogP contribution is 2.32. The van der Waals surface area contributed by atoms with Crippen molar-refractivity contribution in [3.05, 3.63) is 52.6 Å². The average Bonchev–Trinajstić information content (AvgIpc) is 2.45. The van der Waals surface area contributed by atoms with Crippen LogP contribution in [0.3, 0.4) is 0 Å². The molecule has 0 aliphatic carbocycles. The highest BCUT2D eigenvalue weighted by Gasteiger charge is 2.40. The standard InChI is InChI=1S/C14H11Cl2NO4/c1-14(13(18)19,20-9-5-3-2-4-6-9)21-12-11(16)10(15)7-8-17-12/h2-8H,1H3,(H,18,19). The van der Waals surface area contributed by atoms with E-state index in [1.165, 1.54) is 19.2 Å². The minimum absolute atomic E-state index is 0.0169. The van der Waals surface area contributed by atoms with E-state index in [4.69, 9.17) is 32.7 Å². The van der Waals surface area contributed by atoms with E-state index in [0.717, 1.165) is 0 Å². The first-order valence-electron chi connectivity index (χ1n) is 5.89. The molecule has 0 aliphatic heterocycles. The molecule has 2 rings (SSSR count). The molecule has 0 radical (unpaired) electrons. The molecule has 1 aromatic carbocycles. The van der Waals surface area contributed by atoms with Crippen LogP contribution in [0.2, 0.25) is 10.0 Å². The van der Waals surface area contributed by atoms with Crippen molar-refractivity contribution in [3.8, 4) is 11.6 Å². The van der Waals surface area contributed by atoms with E-state index in [1.54, 1.807) is 30.3 Å². The number of ether oxygens (including phenoxy) is 2. The highest BCUT2D eigenvalue weighted by atomic mass is 35.5. The van der Waals surface area contributed by atoms with Crippen molar-refractivity contribution in [2.75, 3.05) is 0 Å². The fraction of sp³-hybridized carbons (Fsp3) is 0.143. The number of carboxylic acid groups (broad SMARTS) is 1. The van der Waals surface area contributed by atoms with Gasteiger partial charge in [0.1, 0.15) is 10.8 Å². The van der Waals surface area contributed by atoms with Gasteiger partial charge in [-0.3, -0.25) is 0 Å². The Morgan fingerprint density at radius 1 is 1.19 bits per heavy atom. The first kappa shape index (κ1) is 15.4. The number of carbonyl (C=O) groups is 1. The maximum Gasteiger partial charge on any atom is 0.390 e. The maximum absolute atomic E-state index is 11.5. The van der Waals surface area contributed by atoms with Crippen molar-refractivity contribution in [1.29, 1.82) is 0 Å². The second-order valence-corrected chi connectivity index (χ2v) is 4.97. The van der Waals surface area contributed by atoms with Crippen molar-refractivity contribution in [2.45, 2.75) is 12.7 Å². The van der Waals surface area contributed by atoms with Crippen LogP contribution in [0.1, 0.15) is 6.92 Å². The molecule has 1 aromatic heterocycles. The maximum atomic E-state index is 11.5. The van der Waals surface area contributed by atoms with Crippen LogP contribution in [-0.2, 0) is 4.79 Å². The lowest BCUT2D eigenvalue weighted by Gasteiger charge is -2.26. The van der Waals surface area contributed by atoms with Gasteiger partial charge in [0.25, 0.3) is 0 Å². The lowest BCUT2D eigenvalue weighted by atomic mass is 10.3. The van der Waals surface area contributed by atoms with Crippen molar-refractivity contribution in [3.63, 3.8) is 0 Å². The van der Waals surface area contributed by atoms with Gasteiger partial charge in [-0.25, -0.2) is 9.78 Å². The Bertz CT molecular complexity index is 651. The normalized spacial score (nSPS) is 13.3. The smallest absolute Gasteiger partial charge is 0.390 e. The molecular weight excluding hydrogens is 317 g/mol. The number of benzene rings is 1. The summed E-state index contributed by atoms with van der Waals surface area (Å²) in [6, 6.07) is 9.88. The zero-order chi connectivity index (χ0) is 15.5. The Balaban J connectivity index is 2.30. The van der Waals surface area contributed by atoms with E-state index < -0.39 is 11.8 Å². The number of carboxylic acids is 1. The average molecular weight is 328 g/mol. The van der Waals surface area contributed by atoms with Crippen LogP contribution in [-0.4, -0.2) is 21.8 Å². The molecule has 0 aliphatic rings. The summed E-state index contributed by atoms with van der Waals surface area (Å²) in [6.07, 6.45) is 1.36. The Labute approximate surface area is 131 Å². The molecule has 110 valence electrons. The van der Waals surface area contributed by atoms with Gasteiger partial charge in [-0.2, -0.15) is 0 Å². The summed E-state index contributed by atoms with van der Waals surface area (Å²) in [6.45, 7) is 1.25. The quantitative estimate of drug-likeness (QED) is 0.849. The van der Waals surface area contributed by atoms with Crippen molar-refractivity contribution in [2.24, 2.45) is 0 Å². The molecule has 21 heavy (non-hydrogen) atoms. The number of nitrogens with zero attached hydrogens (tertiary/aromatic N) is 1. The van der Waals surface area contributed by atoms with Crippen LogP contribution in [0.15, 0.2) is 42.6 Å². The first-order chi connectivity index (χ1) is 9.92. The summed E-state index contributed by atoms with van der Waals surface area (Å²) in [7, 11) is 0. The topological polar surface area (TPSA) is 68.7 Å². The minimum atomic E-state index is -2.00. The molecule has 0 bridgehead atoms. The Hall–Kier alpha value is -1.98. The number of rotatable bonds is 5. The molecule has 1 unspecified atom stereocenters. The third kappa shape index (κ3) is 3.56. The molecule has 1 N–H and O–H groups in total. The monoisotopic (exact) mass is 327 g/mol. The van der Waals surface area contributed by atoms with Gasteiger partial charge in [-0.15, -0.1) is 0 Å². The van der Waals surface area contributed by atoms with Crippen LogP contribution in [0.4, 0.5) is 0 Å². The highest BCUT2D eigenvalue weighted by molar-refractivity contribution is 6.42. The fourth-order valence-electron chi connectivity index (χ4n) is 1.48. The van der Waals surface area contributed by atoms with E-state index in [2.05, 4.69) is 4.98 Å². The molecule has 0 saturated heterocycles. The first-order valence-corrected chi connectivity index (χ1v) is 6.64. The molecule has 1 heterocycles. The van der Waals surface area contributed by atoms with Gasteiger partial charge in [0.15, 0.2) is 0 Å². The molecule has 1 atom stereocenters. The predicted molar refractivity (Wildman–Crippen MR) is 78.0 cm³/mol. The summed E-state index contributed by atoms with van der Waals surface area (Å²) in [5, 5.41) is 9.58. The largest absolute Gasteiger partial charge is 0.475 e. The Kier molecular flexibility index (Phi) is 4.55. The number of aliphatic carboxylic acids is 1. The molecule has 2 aromatic rings. The van der Waals surface area contributed by atoms with Gasteiger partial charge >= 0.3 is 11.8 Å². The number of hydrogen-bond donors (Lipinski definition) is 1. The van der Waals surface area contributed by atoms with E-state index >= 15 is 0 Å². The molecule has 0 fully saturated rings. The zero-order valence-electron chi connectivity index (χ0n) is 10.9. The van der Waals surface area contributed by atoms with Crippen LogP contribution in [0.25, 0.3) is 0 Å². The second kappa shape index (κ2) is 6.20. The SMILES string of the molecule is CC(Oc1ccccc1)(Oc1nccc(Cl)c1Cl)C(=O)O. The van der Waals surface area contributed by atoms with E-state index in [9.17, 15) is 9.90 Å².